The zero-order valence-corrected chi connectivity index (χ0v) is 14.1. The molecule has 1 aliphatic rings. The highest BCUT2D eigenvalue weighted by Gasteiger charge is 2.29. The van der Waals surface area contributed by atoms with Crippen molar-refractivity contribution in [3.05, 3.63) is 26.6 Å². The second-order valence-electron chi connectivity index (χ2n) is 4.18. The van der Waals surface area contributed by atoms with Crippen molar-refractivity contribution in [1.82, 2.24) is 0 Å². The van der Waals surface area contributed by atoms with Crippen LogP contribution < -0.4 is 4.90 Å². The molecule has 0 N–H and O–H groups in total. The number of rotatable bonds is 1. The fraction of sp³-hybridized carbons (Fsp3) is 0.417. The van der Waals surface area contributed by atoms with Crippen molar-refractivity contribution in [2.24, 2.45) is 0 Å². The first-order valence-corrected chi connectivity index (χ1v) is 7.92. The molecule has 1 aromatic carbocycles. The molecule has 1 saturated heterocycles. The third-order valence-corrected chi connectivity index (χ3v) is 4.86. The molecule has 0 aliphatic carbocycles. The van der Waals surface area contributed by atoms with Crippen molar-refractivity contribution >= 4 is 59.4 Å². The van der Waals surface area contributed by atoms with Gasteiger partial charge in [-0.05, 0) is 69.3 Å². The lowest BCUT2D eigenvalue weighted by Gasteiger charge is -2.31. The van der Waals surface area contributed by atoms with Gasteiger partial charge in [-0.2, -0.15) is 0 Å². The molecule has 1 aliphatic heterocycles. The van der Waals surface area contributed by atoms with Gasteiger partial charge in [-0.1, -0.05) is 15.9 Å². The first kappa shape index (κ1) is 13.6. The van der Waals surface area contributed by atoms with E-state index in [1.165, 1.54) is 0 Å². The largest absolute Gasteiger partial charge is 0.309 e. The molecule has 2 rings (SSSR count). The van der Waals surface area contributed by atoms with Crippen LogP contribution in [0, 0.1) is 6.92 Å². The van der Waals surface area contributed by atoms with Gasteiger partial charge in [0.05, 0.1) is 10.5 Å². The Morgan fingerprint density at radius 1 is 1.29 bits per heavy atom. The fourth-order valence-corrected chi connectivity index (χ4v) is 4.42. The number of piperidine rings is 1. The van der Waals surface area contributed by atoms with Crippen molar-refractivity contribution in [2.45, 2.75) is 24.6 Å². The van der Waals surface area contributed by atoms with Crippen LogP contribution in [-0.2, 0) is 4.79 Å². The van der Waals surface area contributed by atoms with Gasteiger partial charge in [0.15, 0.2) is 0 Å². The Morgan fingerprint density at radius 3 is 2.47 bits per heavy atom. The normalized spacial score (nSPS) is 20.8. The zero-order valence-electron chi connectivity index (χ0n) is 9.34. The molecule has 1 atom stereocenters. The highest BCUT2D eigenvalue weighted by atomic mass is 79.9. The van der Waals surface area contributed by atoms with E-state index >= 15 is 0 Å². The molecule has 0 radical (unpaired) electrons. The summed E-state index contributed by atoms with van der Waals surface area (Å²) in [6.07, 6.45) is 1.94. The number of benzene rings is 1. The van der Waals surface area contributed by atoms with E-state index in [0.29, 0.717) is 0 Å². The van der Waals surface area contributed by atoms with E-state index in [4.69, 9.17) is 0 Å². The highest BCUT2D eigenvalue weighted by molar-refractivity contribution is 9.11. The van der Waals surface area contributed by atoms with E-state index in [0.717, 1.165) is 39.6 Å². The highest BCUT2D eigenvalue weighted by Crippen LogP contribution is 2.37. The summed E-state index contributed by atoms with van der Waals surface area (Å²) < 4.78 is 1.92. The molecule has 0 saturated carbocycles. The molecule has 1 unspecified atom stereocenters. The van der Waals surface area contributed by atoms with Crippen molar-refractivity contribution in [3.8, 4) is 0 Å². The first-order chi connectivity index (χ1) is 8.00. The lowest BCUT2D eigenvalue weighted by Crippen LogP contribution is -2.42. The van der Waals surface area contributed by atoms with E-state index in [1.54, 1.807) is 0 Å². The number of nitrogens with zero attached hydrogens (tertiary/aromatic N) is 1. The first-order valence-electron chi connectivity index (χ1n) is 5.42. The number of aryl methyl sites for hydroxylation is 1. The maximum absolute atomic E-state index is 12.2. The van der Waals surface area contributed by atoms with Crippen molar-refractivity contribution in [2.75, 3.05) is 11.4 Å². The van der Waals surface area contributed by atoms with Crippen LogP contribution in [0.3, 0.4) is 0 Å². The topological polar surface area (TPSA) is 20.3 Å². The van der Waals surface area contributed by atoms with Crippen LogP contribution in [0.5, 0.6) is 0 Å². The number of alkyl halides is 1. The molecule has 17 heavy (non-hydrogen) atoms. The molecule has 92 valence electrons. The number of halogens is 3. The molecular weight excluding hydrogens is 414 g/mol. The molecule has 1 heterocycles. The summed E-state index contributed by atoms with van der Waals surface area (Å²) in [6, 6.07) is 4.07. The summed E-state index contributed by atoms with van der Waals surface area (Å²) in [5.74, 6) is 0.140. The zero-order chi connectivity index (χ0) is 12.6. The minimum absolute atomic E-state index is 0.0589. The molecule has 0 bridgehead atoms. The Bertz CT molecular complexity index is 438. The van der Waals surface area contributed by atoms with Crippen molar-refractivity contribution < 1.29 is 4.79 Å². The second kappa shape index (κ2) is 5.41. The number of carbonyl (C=O) groups is 1. The lowest BCUT2D eigenvalue weighted by molar-refractivity contribution is -0.118. The SMILES string of the molecule is Cc1cc(Br)c(N2CCCC(Br)C2=O)c(Br)c1. The van der Waals surface area contributed by atoms with Gasteiger partial charge >= 0.3 is 0 Å². The maximum Gasteiger partial charge on any atom is 0.240 e. The summed E-state index contributed by atoms with van der Waals surface area (Å²) >= 11 is 10.5. The maximum atomic E-state index is 12.2. The number of hydrogen-bond donors (Lipinski definition) is 0. The minimum Gasteiger partial charge on any atom is -0.309 e. The van der Waals surface area contributed by atoms with Gasteiger partial charge in [0, 0.05) is 15.5 Å². The number of amides is 1. The predicted molar refractivity (Wildman–Crippen MR) is 80.9 cm³/mol. The third-order valence-electron chi connectivity index (χ3n) is 2.80. The Labute approximate surface area is 126 Å². The monoisotopic (exact) mass is 423 g/mol. The summed E-state index contributed by atoms with van der Waals surface area (Å²) in [5.41, 5.74) is 2.09. The van der Waals surface area contributed by atoms with E-state index in [2.05, 4.69) is 47.8 Å². The van der Waals surface area contributed by atoms with Gasteiger partial charge in [0.2, 0.25) is 5.91 Å². The van der Waals surface area contributed by atoms with Crippen LogP contribution >= 0.6 is 47.8 Å². The molecule has 0 spiro atoms. The molecule has 0 aromatic heterocycles. The smallest absolute Gasteiger partial charge is 0.240 e. The van der Waals surface area contributed by atoms with Gasteiger partial charge in [-0.3, -0.25) is 4.79 Å². The molecule has 2 nitrogen and oxygen atoms in total. The Kier molecular flexibility index (Phi) is 4.31. The Balaban J connectivity index is 2.43. The average molecular weight is 426 g/mol. The summed E-state index contributed by atoms with van der Waals surface area (Å²) in [5, 5.41) is 0. The van der Waals surface area contributed by atoms with Crippen LogP contribution in [0.15, 0.2) is 21.1 Å². The lowest BCUT2D eigenvalue weighted by atomic mass is 10.1. The molecular formula is C12H12Br3NO. The fourth-order valence-electron chi connectivity index (χ4n) is 2.00. The molecule has 1 amide bonds. The van der Waals surface area contributed by atoms with Crippen LogP contribution in [0.4, 0.5) is 5.69 Å². The van der Waals surface area contributed by atoms with Gasteiger partial charge in [0.1, 0.15) is 0 Å². The molecule has 5 heteroatoms. The van der Waals surface area contributed by atoms with Crippen LogP contribution in [-0.4, -0.2) is 17.3 Å². The van der Waals surface area contributed by atoms with Gasteiger partial charge in [-0.25, -0.2) is 0 Å². The Hall–Kier alpha value is 0.130. The second-order valence-corrected chi connectivity index (χ2v) is 6.99. The summed E-state index contributed by atoms with van der Waals surface area (Å²) in [6.45, 7) is 2.81. The molecule has 1 aromatic rings. The quantitative estimate of drug-likeness (QED) is 0.610. The van der Waals surface area contributed by atoms with Gasteiger partial charge in [-0.15, -0.1) is 0 Å². The molecule has 1 fully saturated rings. The summed E-state index contributed by atoms with van der Waals surface area (Å²) in [4.78, 5) is 13.9. The number of carbonyl (C=O) groups excluding carboxylic acids is 1. The standard InChI is InChI=1S/C12H12Br3NO/c1-7-5-9(14)11(10(15)6-7)16-4-2-3-8(13)12(16)17/h5-6,8H,2-4H2,1H3. The van der Waals surface area contributed by atoms with Gasteiger partial charge in [0.25, 0.3) is 0 Å². The van der Waals surface area contributed by atoms with E-state index in [-0.39, 0.29) is 10.7 Å². The van der Waals surface area contributed by atoms with Crippen LogP contribution in [0.2, 0.25) is 0 Å². The average Bonchev–Trinajstić information content (AvgIpc) is 2.23. The van der Waals surface area contributed by atoms with E-state index in [1.807, 2.05) is 24.0 Å². The van der Waals surface area contributed by atoms with Crippen molar-refractivity contribution in [1.29, 1.82) is 0 Å². The minimum atomic E-state index is -0.0589. The predicted octanol–water partition coefficient (Wildman–Crippen LogP) is 4.41. The van der Waals surface area contributed by atoms with Crippen molar-refractivity contribution in [3.63, 3.8) is 0 Å². The van der Waals surface area contributed by atoms with Crippen LogP contribution in [0.1, 0.15) is 18.4 Å². The van der Waals surface area contributed by atoms with E-state index < -0.39 is 0 Å². The number of anilines is 1. The number of hydrogen-bond acceptors (Lipinski definition) is 1. The third kappa shape index (κ3) is 2.76. The Morgan fingerprint density at radius 2 is 1.88 bits per heavy atom. The van der Waals surface area contributed by atoms with E-state index in [9.17, 15) is 4.79 Å². The van der Waals surface area contributed by atoms with Crippen LogP contribution in [0.25, 0.3) is 0 Å². The summed E-state index contributed by atoms with van der Waals surface area (Å²) in [7, 11) is 0. The van der Waals surface area contributed by atoms with Gasteiger partial charge < -0.3 is 4.90 Å².